The Labute approximate surface area is 98.0 Å². The van der Waals surface area contributed by atoms with Crippen LogP contribution < -0.4 is 5.73 Å². The van der Waals surface area contributed by atoms with Crippen LogP contribution in [0, 0.1) is 5.41 Å². The maximum atomic E-state index is 11.9. The second-order valence-electron chi connectivity index (χ2n) is 4.21. The van der Waals surface area contributed by atoms with E-state index < -0.39 is 0 Å². The zero-order valence-corrected chi connectivity index (χ0v) is 10.1. The maximum absolute atomic E-state index is 11.9. The molecule has 0 spiro atoms. The summed E-state index contributed by atoms with van der Waals surface area (Å²) in [6, 6.07) is 7.89. The second kappa shape index (κ2) is 4.06. The van der Waals surface area contributed by atoms with Gasteiger partial charge in [-0.25, -0.2) is 0 Å². The van der Waals surface area contributed by atoms with Gasteiger partial charge in [0, 0.05) is 22.9 Å². The number of Topliss-reactive ketones (excluding diaryl/α,β-unsaturated/α-hetero) is 1. The van der Waals surface area contributed by atoms with Gasteiger partial charge in [-0.15, -0.1) is 0 Å². The smallest absolute Gasteiger partial charge is 0.144 e. The zero-order chi connectivity index (χ0) is 10.9. The number of benzene rings is 1. The van der Waals surface area contributed by atoms with Crippen LogP contribution in [0.25, 0.3) is 0 Å². The maximum Gasteiger partial charge on any atom is 0.144 e. The number of halogens is 1. The Balaban J connectivity index is 2.06. The largest absolute Gasteiger partial charge is 0.329 e. The van der Waals surface area contributed by atoms with Crippen molar-refractivity contribution in [2.24, 2.45) is 11.1 Å². The van der Waals surface area contributed by atoms with Crippen LogP contribution in [0.4, 0.5) is 0 Å². The van der Waals surface area contributed by atoms with Gasteiger partial charge in [0.15, 0.2) is 0 Å². The minimum Gasteiger partial charge on any atom is -0.329 e. The molecule has 1 saturated carbocycles. The van der Waals surface area contributed by atoms with E-state index in [-0.39, 0.29) is 5.41 Å². The Hall–Kier alpha value is -0.670. The Kier molecular flexibility index (Phi) is 2.94. The molecule has 2 rings (SSSR count). The molecule has 80 valence electrons. The topological polar surface area (TPSA) is 43.1 Å². The first kappa shape index (κ1) is 10.8. The summed E-state index contributed by atoms with van der Waals surface area (Å²) in [6.45, 7) is 0.500. The van der Waals surface area contributed by atoms with Crippen LogP contribution >= 0.6 is 15.9 Å². The van der Waals surface area contributed by atoms with Crippen molar-refractivity contribution in [1.82, 2.24) is 0 Å². The molecule has 1 aliphatic carbocycles. The predicted octanol–water partition coefficient (Wildman–Crippen LogP) is 2.30. The van der Waals surface area contributed by atoms with Crippen LogP contribution in [0.2, 0.25) is 0 Å². The molecule has 0 aliphatic heterocycles. The first-order valence-corrected chi connectivity index (χ1v) is 5.93. The highest BCUT2D eigenvalue weighted by molar-refractivity contribution is 9.10. The van der Waals surface area contributed by atoms with E-state index in [9.17, 15) is 4.79 Å². The Bertz CT molecular complexity index is 385. The van der Waals surface area contributed by atoms with E-state index >= 15 is 0 Å². The molecule has 0 saturated heterocycles. The number of nitrogens with two attached hydrogens (primary N) is 1. The van der Waals surface area contributed by atoms with Gasteiger partial charge in [0.05, 0.1) is 0 Å². The van der Waals surface area contributed by atoms with E-state index in [1.54, 1.807) is 0 Å². The van der Waals surface area contributed by atoms with Gasteiger partial charge in [-0.2, -0.15) is 0 Å². The van der Waals surface area contributed by atoms with E-state index in [1.165, 1.54) is 0 Å². The summed E-state index contributed by atoms with van der Waals surface area (Å²) in [6.07, 6.45) is 2.45. The molecule has 0 radical (unpaired) electrons. The van der Waals surface area contributed by atoms with Gasteiger partial charge in [0.2, 0.25) is 0 Å². The molecule has 1 aliphatic rings. The third kappa shape index (κ3) is 2.29. The van der Waals surface area contributed by atoms with Gasteiger partial charge in [0.1, 0.15) is 5.78 Å². The monoisotopic (exact) mass is 267 g/mol. The van der Waals surface area contributed by atoms with Crippen molar-refractivity contribution < 1.29 is 4.79 Å². The minimum atomic E-state index is -0.178. The SMILES string of the molecule is NCC1(C(=O)Cc2cccc(Br)c2)CC1. The molecule has 0 unspecified atom stereocenters. The standard InChI is InChI=1S/C12H14BrNO/c13-10-3-1-2-9(6-10)7-11(15)12(8-14)4-5-12/h1-3,6H,4-5,7-8,14H2. The fourth-order valence-electron chi connectivity index (χ4n) is 1.77. The number of ketones is 1. The summed E-state index contributed by atoms with van der Waals surface area (Å²) in [7, 11) is 0. The molecular weight excluding hydrogens is 254 g/mol. The fraction of sp³-hybridized carbons (Fsp3) is 0.417. The fourth-order valence-corrected chi connectivity index (χ4v) is 2.21. The van der Waals surface area contributed by atoms with Gasteiger partial charge in [0.25, 0.3) is 0 Å². The van der Waals surface area contributed by atoms with Crippen molar-refractivity contribution >= 4 is 21.7 Å². The van der Waals surface area contributed by atoms with Crippen LogP contribution in [0.1, 0.15) is 18.4 Å². The van der Waals surface area contributed by atoms with Crippen molar-refractivity contribution in [3.63, 3.8) is 0 Å². The van der Waals surface area contributed by atoms with Crippen LogP contribution in [0.5, 0.6) is 0 Å². The minimum absolute atomic E-state index is 0.178. The highest BCUT2D eigenvalue weighted by Crippen LogP contribution is 2.46. The van der Waals surface area contributed by atoms with Gasteiger partial charge in [-0.3, -0.25) is 4.79 Å². The van der Waals surface area contributed by atoms with Gasteiger partial charge >= 0.3 is 0 Å². The molecule has 1 aromatic rings. The number of carbonyl (C=O) groups excluding carboxylic acids is 1. The summed E-state index contributed by atoms with van der Waals surface area (Å²) in [4.78, 5) is 11.9. The molecule has 0 heterocycles. The molecule has 2 N–H and O–H groups in total. The molecule has 0 aromatic heterocycles. The lowest BCUT2D eigenvalue weighted by atomic mass is 9.95. The first-order valence-electron chi connectivity index (χ1n) is 5.14. The third-order valence-electron chi connectivity index (χ3n) is 3.09. The highest BCUT2D eigenvalue weighted by Gasteiger charge is 2.47. The van der Waals surface area contributed by atoms with E-state index in [4.69, 9.17) is 5.73 Å². The lowest BCUT2D eigenvalue weighted by Crippen LogP contribution is -2.26. The van der Waals surface area contributed by atoms with Crippen LogP contribution in [-0.2, 0) is 11.2 Å². The van der Waals surface area contributed by atoms with Crippen LogP contribution in [0.15, 0.2) is 28.7 Å². The summed E-state index contributed by atoms with van der Waals surface area (Å²) < 4.78 is 1.02. The number of hydrogen-bond donors (Lipinski definition) is 1. The third-order valence-corrected chi connectivity index (χ3v) is 3.58. The van der Waals surface area contributed by atoms with Crippen molar-refractivity contribution in [3.05, 3.63) is 34.3 Å². The van der Waals surface area contributed by atoms with Crippen molar-refractivity contribution in [2.75, 3.05) is 6.54 Å². The van der Waals surface area contributed by atoms with Gasteiger partial charge < -0.3 is 5.73 Å². The Morgan fingerprint density at radius 2 is 2.20 bits per heavy atom. The summed E-state index contributed by atoms with van der Waals surface area (Å²) in [5.41, 5.74) is 6.51. The molecule has 2 nitrogen and oxygen atoms in total. The molecule has 1 aromatic carbocycles. The summed E-state index contributed by atoms with van der Waals surface area (Å²) in [5.74, 6) is 0.295. The molecule has 0 amide bonds. The molecule has 1 fully saturated rings. The van der Waals surface area contributed by atoms with E-state index in [0.29, 0.717) is 18.7 Å². The van der Waals surface area contributed by atoms with Gasteiger partial charge in [-0.1, -0.05) is 28.1 Å². The van der Waals surface area contributed by atoms with Crippen molar-refractivity contribution in [1.29, 1.82) is 0 Å². The lowest BCUT2D eigenvalue weighted by Gasteiger charge is -2.10. The molecule has 15 heavy (non-hydrogen) atoms. The van der Waals surface area contributed by atoms with Crippen molar-refractivity contribution in [3.8, 4) is 0 Å². The average molecular weight is 268 g/mol. The number of hydrogen-bond acceptors (Lipinski definition) is 2. The zero-order valence-electron chi connectivity index (χ0n) is 8.50. The Morgan fingerprint density at radius 1 is 1.47 bits per heavy atom. The van der Waals surface area contributed by atoms with E-state index in [1.807, 2.05) is 24.3 Å². The highest BCUT2D eigenvalue weighted by atomic mass is 79.9. The molecule has 3 heteroatoms. The summed E-state index contributed by atoms with van der Waals surface area (Å²) in [5, 5.41) is 0. The average Bonchev–Trinajstić information content (AvgIpc) is 2.98. The quantitative estimate of drug-likeness (QED) is 0.910. The van der Waals surface area contributed by atoms with Gasteiger partial charge in [-0.05, 0) is 30.5 Å². The number of carbonyl (C=O) groups is 1. The predicted molar refractivity (Wildman–Crippen MR) is 63.6 cm³/mol. The Morgan fingerprint density at radius 3 is 2.73 bits per heavy atom. The molecular formula is C12H14BrNO. The molecule has 0 atom stereocenters. The van der Waals surface area contributed by atoms with E-state index in [0.717, 1.165) is 22.9 Å². The van der Waals surface area contributed by atoms with Crippen LogP contribution in [0.3, 0.4) is 0 Å². The molecule has 0 bridgehead atoms. The van der Waals surface area contributed by atoms with Crippen LogP contribution in [-0.4, -0.2) is 12.3 Å². The summed E-state index contributed by atoms with van der Waals surface area (Å²) >= 11 is 3.40. The van der Waals surface area contributed by atoms with E-state index in [2.05, 4.69) is 15.9 Å². The van der Waals surface area contributed by atoms with Crippen molar-refractivity contribution in [2.45, 2.75) is 19.3 Å². The second-order valence-corrected chi connectivity index (χ2v) is 5.13. The number of rotatable bonds is 4. The normalized spacial score (nSPS) is 17.5. The first-order chi connectivity index (χ1) is 7.16. The lowest BCUT2D eigenvalue weighted by molar-refractivity contribution is -0.123.